The molecule has 0 bridgehead atoms. The number of halogens is 1. The zero-order valence-electron chi connectivity index (χ0n) is 11.0. The Hall–Kier alpha value is -1.66. The summed E-state index contributed by atoms with van der Waals surface area (Å²) in [4.78, 5) is 22.3. The highest BCUT2D eigenvalue weighted by Crippen LogP contribution is 2.24. The second-order valence-corrected chi connectivity index (χ2v) is 5.50. The summed E-state index contributed by atoms with van der Waals surface area (Å²) < 4.78 is 5.37. The van der Waals surface area contributed by atoms with Crippen LogP contribution in [-0.4, -0.2) is 29.6 Å². The van der Waals surface area contributed by atoms with Crippen molar-refractivity contribution in [3.05, 3.63) is 38.9 Å². The molecule has 0 unspecified atom stereocenters. The predicted octanol–water partition coefficient (Wildman–Crippen LogP) is 2.55. The van der Waals surface area contributed by atoms with Crippen LogP contribution in [0, 0.1) is 10.1 Å². The molecule has 0 saturated carbocycles. The van der Waals surface area contributed by atoms with Crippen LogP contribution in [0.5, 0.6) is 0 Å². The minimum absolute atomic E-state index is 0.0667. The van der Waals surface area contributed by atoms with Crippen LogP contribution in [0.25, 0.3) is 0 Å². The molecule has 1 aromatic carbocycles. The van der Waals surface area contributed by atoms with Gasteiger partial charge in [0.15, 0.2) is 0 Å². The lowest BCUT2D eigenvalue weighted by Gasteiger charge is -2.34. The Morgan fingerprint density at radius 1 is 1.55 bits per heavy atom. The molecule has 0 spiro atoms. The van der Waals surface area contributed by atoms with Crippen molar-refractivity contribution < 1.29 is 14.5 Å². The molecule has 2 rings (SSSR count). The average molecular weight is 299 g/mol. The first kappa shape index (κ1) is 14.7. The van der Waals surface area contributed by atoms with Gasteiger partial charge in [-0.1, -0.05) is 11.6 Å². The largest absolute Gasteiger partial charge is 0.379 e. The number of carbonyl (C=O) groups excluding carboxylic acids is 1. The van der Waals surface area contributed by atoms with Crippen LogP contribution < -0.4 is 5.32 Å². The molecule has 1 aliphatic heterocycles. The summed E-state index contributed by atoms with van der Waals surface area (Å²) in [5, 5.41) is 13.6. The van der Waals surface area contributed by atoms with Crippen LogP contribution in [0.1, 0.15) is 30.1 Å². The maximum absolute atomic E-state index is 12.2. The van der Waals surface area contributed by atoms with Crippen molar-refractivity contribution in [2.24, 2.45) is 0 Å². The topological polar surface area (TPSA) is 81.5 Å². The quantitative estimate of drug-likeness (QED) is 0.687. The van der Waals surface area contributed by atoms with Gasteiger partial charge < -0.3 is 10.1 Å². The van der Waals surface area contributed by atoms with Crippen LogP contribution >= 0.6 is 11.6 Å². The number of rotatable bonds is 3. The van der Waals surface area contributed by atoms with Crippen LogP contribution in [0.15, 0.2) is 18.2 Å². The zero-order valence-corrected chi connectivity index (χ0v) is 11.8. The molecule has 0 radical (unpaired) electrons. The van der Waals surface area contributed by atoms with E-state index in [4.69, 9.17) is 16.3 Å². The van der Waals surface area contributed by atoms with Gasteiger partial charge >= 0.3 is 0 Å². The summed E-state index contributed by atoms with van der Waals surface area (Å²) in [6, 6.07) is 3.81. The van der Waals surface area contributed by atoms with Crippen molar-refractivity contribution >= 4 is 23.2 Å². The summed E-state index contributed by atoms with van der Waals surface area (Å²) in [7, 11) is 0. The minimum Gasteiger partial charge on any atom is -0.379 e. The van der Waals surface area contributed by atoms with Crippen molar-refractivity contribution in [2.75, 3.05) is 13.2 Å². The molecular formula is C13H15ClN2O4. The van der Waals surface area contributed by atoms with E-state index >= 15 is 0 Å². The third-order valence-corrected chi connectivity index (χ3v) is 3.57. The molecule has 1 N–H and O–H groups in total. The number of nitrogens with zero attached hydrogens (tertiary/aromatic N) is 1. The number of hydrogen-bond acceptors (Lipinski definition) is 4. The Bertz CT molecular complexity index is 541. The van der Waals surface area contributed by atoms with Gasteiger partial charge in [0, 0.05) is 18.7 Å². The summed E-state index contributed by atoms with van der Waals surface area (Å²) in [5.74, 6) is -0.349. The first-order valence-corrected chi connectivity index (χ1v) is 6.63. The van der Waals surface area contributed by atoms with Gasteiger partial charge in [-0.15, -0.1) is 0 Å². The van der Waals surface area contributed by atoms with Gasteiger partial charge in [-0.05, 0) is 25.8 Å². The lowest BCUT2D eigenvalue weighted by molar-refractivity contribution is -0.384. The number of nitro groups is 1. The highest BCUT2D eigenvalue weighted by molar-refractivity contribution is 6.34. The van der Waals surface area contributed by atoms with Crippen LogP contribution in [0.3, 0.4) is 0 Å². The van der Waals surface area contributed by atoms with Gasteiger partial charge in [0.05, 0.1) is 27.7 Å². The van der Waals surface area contributed by atoms with Gasteiger partial charge in [-0.2, -0.15) is 0 Å². The molecule has 1 saturated heterocycles. The van der Waals surface area contributed by atoms with Crippen molar-refractivity contribution in [1.29, 1.82) is 0 Å². The molecule has 0 aliphatic carbocycles. The van der Waals surface area contributed by atoms with E-state index in [1.165, 1.54) is 18.2 Å². The smallest absolute Gasteiger partial charge is 0.270 e. The molecule has 108 valence electrons. The van der Waals surface area contributed by atoms with Crippen molar-refractivity contribution in [1.82, 2.24) is 5.32 Å². The number of ether oxygens (including phenoxy) is 1. The fourth-order valence-corrected chi connectivity index (χ4v) is 2.44. The Labute approximate surface area is 121 Å². The fraction of sp³-hybridized carbons (Fsp3) is 0.462. The summed E-state index contributed by atoms with van der Waals surface area (Å²) in [6.07, 6.45) is 1.70. The second kappa shape index (κ2) is 5.76. The Kier molecular flexibility index (Phi) is 4.25. The number of carbonyl (C=O) groups is 1. The van der Waals surface area contributed by atoms with Crippen molar-refractivity contribution in [3.63, 3.8) is 0 Å². The van der Waals surface area contributed by atoms with Gasteiger partial charge in [0.2, 0.25) is 0 Å². The third-order valence-electron chi connectivity index (χ3n) is 3.26. The van der Waals surface area contributed by atoms with Gasteiger partial charge in [0.25, 0.3) is 11.6 Å². The van der Waals surface area contributed by atoms with E-state index < -0.39 is 10.5 Å². The second-order valence-electron chi connectivity index (χ2n) is 5.09. The highest BCUT2D eigenvalue weighted by atomic mass is 35.5. The van der Waals surface area contributed by atoms with E-state index in [1.807, 2.05) is 6.92 Å². The maximum atomic E-state index is 12.2. The van der Waals surface area contributed by atoms with Crippen molar-refractivity contribution in [2.45, 2.75) is 25.3 Å². The monoisotopic (exact) mass is 298 g/mol. The number of nitro benzene ring substituents is 1. The molecule has 1 heterocycles. The molecule has 20 heavy (non-hydrogen) atoms. The number of hydrogen-bond donors (Lipinski definition) is 1. The van der Waals surface area contributed by atoms with E-state index in [-0.39, 0.29) is 22.2 Å². The number of non-ortho nitro benzene ring substituents is 1. The summed E-state index contributed by atoms with van der Waals surface area (Å²) >= 11 is 5.93. The number of nitrogens with one attached hydrogen (secondary N) is 1. The first-order valence-electron chi connectivity index (χ1n) is 6.25. The molecule has 1 amide bonds. The Morgan fingerprint density at radius 2 is 2.30 bits per heavy atom. The molecule has 1 aliphatic rings. The number of benzene rings is 1. The van der Waals surface area contributed by atoms with Crippen molar-refractivity contribution in [3.8, 4) is 0 Å². The molecule has 0 aromatic heterocycles. The van der Waals surface area contributed by atoms with Crippen LogP contribution in [0.4, 0.5) is 5.69 Å². The molecule has 1 fully saturated rings. The van der Waals surface area contributed by atoms with E-state index in [2.05, 4.69) is 5.32 Å². The molecule has 6 nitrogen and oxygen atoms in total. The molecule has 7 heteroatoms. The number of amides is 1. The standard InChI is InChI=1S/C13H15ClN2O4/c1-13(5-2-6-20-8-13)15-12(17)10-4-3-9(16(18)19)7-11(10)14/h3-4,7H,2,5-6,8H2,1H3,(H,15,17)/t13-/m1/s1. The Morgan fingerprint density at radius 3 is 2.85 bits per heavy atom. The van der Waals surface area contributed by atoms with Crippen LogP contribution in [-0.2, 0) is 4.74 Å². The van der Waals surface area contributed by atoms with Crippen LogP contribution in [0.2, 0.25) is 5.02 Å². The predicted molar refractivity (Wildman–Crippen MR) is 74.0 cm³/mol. The lowest BCUT2D eigenvalue weighted by Crippen LogP contribution is -2.51. The minimum atomic E-state index is -0.552. The highest BCUT2D eigenvalue weighted by Gasteiger charge is 2.30. The van der Waals surface area contributed by atoms with E-state index in [0.29, 0.717) is 13.2 Å². The van der Waals surface area contributed by atoms with E-state index in [1.54, 1.807) is 0 Å². The normalized spacial score (nSPS) is 22.3. The molecule has 1 aromatic rings. The SMILES string of the molecule is C[C@@]1(NC(=O)c2ccc([N+](=O)[O-])cc2Cl)CCCOC1. The van der Waals surface area contributed by atoms with Gasteiger partial charge in [-0.25, -0.2) is 0 Å². The average Bonchev–Trinajstić information content (AvgIpc) is 2.38. The third kappa shape index (κ3) is 3.26. The summed E-state index contributed by atoms with van der Waals surface area (Å²) in [5.41, 5.74) is -0.344. The zero-order chi connectivity index (χ0) is 14.8. The maximum Gasteiger partial charge on any atom is 0.270 e. The molecular weight excluding hydrogens is 284 g/mol. The van der Waals surface area contributed by atoms with Gasteiger partial charge in [0.1, 0.15) is 0 Å². The fourth-order valence-electron chi connectivity index (χ4n) is 2.18. The lowest BCUT2D eigenvalue weighted by atomic mass is 9.94. The van der Waals surface area contributed by atoms with E-state index in [0.717, 1.165) is 12.8 Å². The first-order chi connectivity index (χ1) is 9.41. The molecule has 1 atom stereocenters. The van der Waals surface area contributed by atoms with E-state index in [9.17, 15) is 14.9 Å². The summed E-state index contributed by atoms with van der Waals surface area (Å²) in [6.45, 7) is 3.05. The van der Waals surface area contributed by atoms with Gasteiger partial charge in [-0.3, -0.25) is 14.9 Å². The Balaban J connectivity index is 2.15.